The number of hydrogen-bond donors (Lipinski definition) is 2. The number of carboxylic acids is 1. The molecular formula is C20H20FN3O4S. The maximum atomic E-state index is 13.1. The van der Waals surface area contributed by atoms with E-state index >= 15 is 0 Å². The van der Waals surface area contributed by atoms with E-state index in [1.165, 1.54) is 12.1 Å². The Labute approximate surface area is 167 Å². The van der Waals surface area contributed by atoms with Gasteiger partial charge in [-0.05, 0) is 62.1 Å². The molecule has 0 aliphatic heterocycles. The molecule has 7 nitrogen and oxygen atoms in total. The monoisotopic (exact) mass is 417 g/mol. The average Bonchev–Trinajstić information content (AvgIpc) is 3.01. The second-order valence-electron chi connectivity index (χ2n) is 7.22. The molecule has 1 aliphatic carbocycles. The molecule has 152 valence electrons. The average molecular weight is 417 g/mol. The summed E-state index contributed by atoms with van der Waals surface area (Å²) in [4.78, 5) is 15.8. The predicted molar refractivity (Wildman–Crippen MR) is 105 cm³/mol. The van der Waals surface area contributed by atoms with Gasteiger partial charge in [0.15, 0.2) is 0 Å². The lowest BCUT2D eigenvalue weighted by molar-refractivity contribution is -0.140. The Morgan fingerprint density at radius 2 is 2.03 bits per heavy atom. The molecular weight excluding hydrogens is 397 g/mol. The number of nitrogens with one attached hydrogen (secondary N) is 1. The summed E-state index contributed by atoms with van der Waals surface area (Å²) in [5.74, 6) is -1.43. The molecule has 2 aromatic heterocycles. The lowest BCUT2D eigenvalue weighted by Gasteiger charge is -2.25. The van der Waals surface area contributed by atoms with Crippen LogP contribution in [-0.2, 0) is 27.7 Å². The number of fused-ring (bicyclic) bond motifs is 3. The zero-order chi connectivity index (χ0) is 20.8. The predicted octanol–water partition coefficient (Wildman–Crippen LogP) is 2.66. The smallest absolute Gasteiger partial charge is 0.326 e. The molecule has 1 aromatic carbocycles. The summed E-state index contributed by atoms with van der Waals surface area (Å²) in [7, 11) is -3.79. The van der Waals surface area contributed by atoms with Crippen LogP contribution in [0.4, 0.5) is 4.39 Å². The van der Waals surface area contributed by atoms with Crippen molar-refractivity contribution in [3.8, 4) is 0 Å². The maximum absolute atomic E-state index is 13.1. The van der Waals surface area contributed by atoms with Crippen molar-refractivity contribution in [2.24, 2.45) is 0 Å². The van der Waals surface area contributed by atoms with Crippen LogP contribution in [0.2, 0.25) is 0 Å². The first-order chi connectivity index (χ1) is 13.8. The van der Waals surface area contributed by atoms with E-state index in [4.69, 9.17) is 0 Å². The van der Waals surface area contributed by atoms with E-state index in [1.807, 2.05) is 0 Å². The van der Waals surface area contributed by atoms with Crippen molar-refractivity contribution in [3.05, 3.63) is 59.8 Å². The molecule has 29 heavy (non-hydrogen) atoms. The molecule has 2 heterocycles. The Bertz CT molecular complexity index is 1190. The number of hydrogen-bond acceptors (Lipinski definition) is 4. The molecule has 2 atom stereocenters. The highest BCUT2D eigenvalue weighted by Gasteiger charge is 2.31. The van der Waals surface area contributed by atoms with Crippen LogP contribution in [-0.4, -0.2) is 35.1 Å². The topological polar surface area (TPSA) is 101 Å². The van der Waals surface area contributed by atoms with Gasteiger partial charge in [0.2, 0.25) is 10.0 Å². The second-order valence-corrected chi connectivity index (χ2v) is 8.93. The molecule has 9 heteroatoms. The maximum Gasteiger partial charge on any atom is 0.326 e. The number of aliphatic carboxylic acids is 1. The molecule has 3 aromatic rings. The largest absolute Gasteiger partial charge is 0.480 e. The second kappa shape index (κ2) is 7.23. The summed E-state index contributed by atoms with van der Waals surface area (Å²) in [6.07, 6.45) is 4.81. The van der Waals surface area contributed by atoms with E-state index in [-0.39, 0.29) is 10.9 Å². The van der Waals surface area contributed by atoms with Crippen LogP contribution in [0, 0.1) is 5.82 Å². The van der Waals surface area contributed by atoms with E-state index < -0.39 is 27.9 Å². The third kappa shape index (κ3) is 3.51. The number of pyridine rings is 1. The van der Waals surface area contributed by atoms with Crippen LogP contribution in [0.1, 0.15) is 30.6 Å². The first kappa shape index (κ1) is 19.5. The van der Waals surface area contributed by atoms with Crippen molar-refractivity contribution in [2.45, 2.75) is 43.2 Å². The van der Waals surface area contributed by atoms with Crippen LogP contribution in [0.25, 0.3) is 10.9 Å². The third-order valence-corrected chi connectivity index (χ3v) is 6.93. The summed E-state index contributed by atoms with van der Waals surface area (Å²) in [5.41, 5.74) is 2.60. The number of nitrogens with zero attached hydrogens (tertiary/aromatic N) is 2. The minimum Gasteiger partial charge on any atom is -0.480 e. The Morgan fingerprint density at radius 3 is 2.72 bits per heavy atom. The Kier molecular flexibility index (Phi) is 4.87. The molecule has 0 spiro atoms. The van der Waals surface area contributed by atoms with E-state index in [0.717, 1.165) is 34.3 Å². The van der Waals surface area contributed by atoms with Crippen LogP contribution < -0.4 is 4.72 Å². The van der Waals surface area contributed by atoms with Gasteiger partial charge in [0.25, 0.3) is 0 Å². The summed E-state index contributed by atoms with van der Waals surface area (Å²) in [5, 5.41) is 10.3. The van der Waals surface area contributed by atoms with Gasteiger partial charge in [0.05, 0.1) is 10.4 Å². The van der Waals surface area contributed by atoms with Crippen molar-refractivity contribution in [1.29, 1.82) is 0 Å². The molecule has 0 fully saturated rings. The number of benzene rings is 1. The standard InChI is InChI=1S/C20H20FN3O4S/c1-12(20(25)26)24-18-7-4-14(10-16(18)17-11-22-9-8-19(17)24)23-29(27,28)15-5-2-13(21)3-6-15/h2-3,5-6,8-9,11-12,14,23H,4,7,10H2,1H3,(H,25,26). The highest BCUT2D eigenvalue weighted by Crippen LogP contribution is 2.34. The van der Waals surface area contributed by atoms with Crippen molar-refractivity contribution in [3.63, 3.8) is 0 Å². The van der Waals surface area contributed by atoms with E-state index in [2.05, 4.69) is 9.71 Å². The van der Waals surface area contributed by atoms with Gasteiger partial charge in [-0.2, -0.15) is 0 Å². The minimum atomic E-state index is -3.79. The van der Waals surface area contributed by atoms with Gasteiger partial charge in [0, 0.05) is 29.5 Å². The minimum absolute atomic E-state index is 0.00768. The van der Waals surface area contributed by atoms with Crippen LogP contribution in [0.15, 0.2) is 47.6 Å². The Balaban J connectivity index is 1.68. The van der Waals surface area contributed by atoms with Gasteiger partial charge in [0.1, 0.15) is 11.9 Å². The van der Waals surface area contributed by atoms with Crippen molar-refractivity contribution in [1.82, 2.24) is 14.3 Å². The normalized spacial score (nSPS) is 17.8. The fourth-order valence-electron chi connectivity index (χ4n) is 3.99. The van der Waals surface area contributed by atoms with Gasteiger partial charge >= 0.3 is 5.97 Å². The van der Waals surface area contributed by atoms with E-state index in [1.54, 1.807) is 30.0 Å². The molecule has 1 aliphatic rings. The van der Waals surface area contributed by atoms with Gasteiger partial charge in [-0.15, -0.1) is 0 Å². The lowest BCUT2D eigenvalue weighted by atomic mass is 9.92. The van der Waals surface area contributed by atoms with E-state index in [9.17, 15) is 22.7 Å². The molecule has 0 bridgehead atoms. The Hall–Kier alpha value is -2.78. The van der Waals surface area contributed by atoms with Crippen LogP contribution in [0.5, 0.6) is 0 Å². The fraction of sp³-hybridized carbons (Fsp3) is 0.300. The number of sulfonamides is 1. The molecule has 4 rings (SSSR count). The lowest BCUT2D eigenvalue weighted by Crippen LogP contribution is -2.39. The molecule has 0 saturated carbocycles. The number of rotatable bonds is 5. The Morgan fingerprint density at radius 1 is 1.31 bits per heavy atom. The van der Waals surface area contributed by atoms with Crippen molar-refractivity contribution in [2.75, 3.05) is 0 Å². The van der Waals surface area contributed by atoms with Gasteiger partial charge in [-0.1, -0.05) is 0 Å². The SMILES string of the molecule is CC(C(=O)O)n1c2c(c3cnccc31)CC(NS(=O)(=O)c1ccc(F)cc1)CC2. The molecule has 0 amide bonds. The molecule has 0 saturated heterocycles. The van der Waals surface area contributed by atoms with Crippen LogP contribution >= 0.6 is 0 Å². The van der Waals surface area contributed by atoms with Crippen molar-refractivity contribution < 1.29 is 22.7 Å². The quantitative estimate of drug-likeness (QED) is 0.665. The van der Waals surface area contributed by atoms with Gasteiger partial charge in [-0.25, -0.2) is 22.3 Å². The number of carbonyl (C=O) groups is 1. The first-order valence-electron chi connectivity index (χ1n) is 9.24. The number of carboxylic acid groups (broad SMARTS) is 1. The molecule has 2 unspecified atom stereocenters. The number of halogens is 1. The zero-order valence-electron chi connectivity index (χ0n) is 15.7. The zero-order valence-corrected chi connectivity index (χ0v) is 16.5. The molecule has 0 radical (unpaired) electrons. The fourth-order valence-corrected chi connectivity index (χ4v) is 5.26. The van der Waals surface area contributed by atoms with Crippen LogP contribution in [0.3, 0.4) is 0 Å². The highest BCUT2D eigenvalue weighted by atomic mass is 32.2. The number of aromatic nitrogens is 2. The van der Waals surface area contributed by atoms with Crippen molar-refractivity contribution >= 4 is 26.9 Å². The van der Waals surface area contributed by atoms with E-state index in [0.29, 0.717) is 19.3 Å². The van der Waals surface area contributed by atoms with Gasteiger partial charge < -0.3 is 9.67 Å². The summed E-state index contributed by atoms with van der Waals surface area (Å²) >= 11 is 0. The summed E-state index contributed by atoms with van der Waals surface area (Å²) in [6, 6.07) is 5.38. The molecule has 2 N–H and O–H groups in total. The summed E-state index contributed by atoms with van der Waals surface area (Å²) in [6.45, 7) is 1.63. The summed E-state index contributed by atoms with van der Waals surface area (Å²) < 4.78 is 42.9. The first-order valence-corrected chi connectivity index (χ1v) is 10.7. The van der Waals surface area contributed by atoms with Gasteiger partial charge in [-0.3, -0.25) is 4.98 Å². The highest BCUT2D eigenvalue weighted by molar-refractivity contribution is 7.89. The third-order valence-electron chi connectivity index (χ3n) is 5.39.